The quantitative estimate of drug-likeness (QED) is 0.691. The van der Waals surface area contributed by atoms with E-state index in [2.05, 4.69) is 22.9 Å². The number of thiophene rings is 2. The van der Waals surface area contributed by atoms with E-state index in [4.69, 9.17) is 0 Å². The summed E-state index contributed by atoms with van der Waals surface area (Å²) in [7, 11) is 0. The van der Waals surface area contributed by atoms with Gasteiger partial charge in [-0.15, -0.1) is 22.7 Å². The molecule has 0 nitrogen and oxygen atoms in total. The van der Waals surface area contributed by atoms with Crippen LogP contribution in [0.25, 0.3) is 0 Å². The van der Waals surface area contributed by atoms with Gasteiger partial charge in [0, 0.05) is 21.6 Å². The van der Waals surface area contributed by atoms with Gasteiger partial charge >= 0.3 is 0 Å². The molecule has 2 aromatic heterocycles. The first-order valence-electron chi connectivity index (χ1n) is 6.06. The predicted octanol–water partition coefficient (Wildman–Crippen LogP) is 4.57. The third kappa shape index (κ3) is 1.20. The molecule has 2 atom stereocenters. The monoisotopic (exact) mass is 246 g/mol. The van der Waals surface area contributed by atoms with E-state index < -0.39 is 0 Å². The van der Waals surface area contributed by atoms with Crippen molar-refractivity contribution in [1.82, 2.24) is 0 Å². The molecule has 0 radical (unpaired) electrons. The first-order valence-corrected chi connectivity index (χ1v) is 7.82. The van der Waals surface area contributed by atoms with Crippen LogP contribution in [0.3, 0.4) is 0 Å². The molecule has 2 aliphatic carbocycles. The zero-order valence-electron chi connectivity index (χ0n) is 9.11. The molecule has 2 heterocycles. The maximum absolute atomic E-state index is 2.34. The average molecular weight is 246 g/mol. The Hall–Kier alpha value is -0.600. The number of rotatable bonds is 1. The lowest BCUT2D eigenvalue weighted by molar-refractivity contribution is 0.541. The van der Waals surface area contributed by atoms with Gasteiger partial charge in [0.15, 0.2) is 0 Å². The van der Waals surface area contributed by atoms with Gasteiger partial charge in [-0.3, -0.25) is 0 Å². The molecule has 0 bridgehead atoms. The first-order chi connectivity index (χ1) is 7.93. The molecule has 2 aliphatic rings. The molecule has 0 amide bonds. The molecule has 0 aromatic carbocycles. The van der Waals surface area contributed by atoms with Crippen LogP contribution < -0.4 is 0 Å². The second kappa shape index (κ2) is 3.44. The number of hydrogen-bond acceptors (Lipinski definition) is 2. The van der Waals surface area contributed by atoms with Gasteiger partial charge in [0.25, 0.3) is 0 Å². The molecule has 2 heteroatoms. The molecule has 4 rings (SSSR count). The van der Waals surface area contributed by atoms with Crippen molar-refractivity contribution in [1.29, 1.82) is 0 Å². The van der Waals surface area contributed by atoms with E-state index in [-0.39, 0.29) is 0 Å². The summed E-state index contributed by atoms with van der Waals surface area (Å²) in [4.78, 5) is 3.40. The first kappa shape index (κ1) is 9.43. The fraction of sp³-hybridized carbons (Fsp3) is 0.429. The second-order valence-corrected chi connectivity index (χ2v) is 6.81. The van der Waals surface area contributed by atoms with Crippen LogP contribution in [0.1, 0.15) is 45.6 Å². The molecular weight excluding hydrogens is 232 g/mol. The normalized spacial score (nSPS) is 27.0. The maximum atomic E-state index is 2.34. The number of fused-ring (bicyclic) bond motifs is 2. The van der Waals surface area contributed by atoms with Crippen molar-refractivity contribution in [2.75, 3.05) is 0 Å². The molecule has 0 N–H and O–H groups in total. The molecule has 0 saturated heterocycles. The lowest BCUT2D eigenvalue weighted by Crippen LogP contribution is -2.03. The fourth-order valence-electron chi connectivity index (χ4n) is 3.41. The van der Waals surface area contributed by atoms with Crippen molar-refractivity contribution < 1.29 is 0 Å². The molecular formula is C14H14S2. The van der Waals surface area contributed by atoms with Gasteiger partial charge in [-0.05, 0) is 59.7 Å². The summed E-state index contributed by atoms with van der Waals surface area (Å²) in [5, 5.41) is 4.56. The summed E-state index contributed by atoms with van der Waals surface area (Å²) in [6.07, 6.45) is 5.43. The highest BCUT2D eigenvalue weighted by Gasteiger charge is 2.36. The molecule has 82 valence electrons. The minimum absolute atomic E-state index is 0.842. The Kier molecular flexibility index (Phi) is 2.03. The minimum Gasteiger partial charge on any atom is -0.148 e. The molecule has 0 spiro atoms. The summed E-state index contributed by atoms with van der Waals surface area (Å²) in [6, 6.07) is 4.68. The van der Waals surface area contributed by atoms with Gasteiger partial charge < -0.3 is 0 Å². The minimum atomic E-state index is 0.842. The molecule has 2 aromatic rings. The third-order valence-corrected chi connectivity index (χ3v) is 6.35. The molecule has 0 saturated carbocycles. The van der Waals surface area contributed by atoms with Crippen LogP contribution in [0, 0.1) is 0 Å². The van der Waals surface area contributed by atoms with Crippen molar-refractivity contribution in [3.63, 3.8) is 0 Å². The maximum Gasteiger partial charge on any atom is 0.0115 e. The summed E-state index contributed by atoms with van der Waals surface area (Å²) in [6.45, 7) is 0. The van der Waals surface area contributed by atoms with E-state index in [0.29, 0.717) is 0 Å². The fourth-order valence-corrected chi connectivity index (χ4v) is 5.73. The van der Waals surface area contributed by atoms with Gasteiger partial charge in [-0.2, -0.15) is 0 Å². The Bertz CT molecular complexity index is 472. The van der Waals surface area contributed by atoms with Crippen LogP contribution in [-0.4, -0.2) is 0 Å². The highest BCUT2D eigenvalue weighted by Crippen LogP contribution is 2.51. The average Bonchev–Trinajstić information content (AvgIpc) is 2.97. The molecule has 0 fully saturated rings. The lowest BCUT2D eigenvalue weighted by atomic mass is 9.91. The smallest absolute Gasteiger partial charge is 0.0115 e. The van der Waals surface area contributed by atoms with E-state index in [1.54, 1.807) is 20.9 Å². The van der Waals surface area contributed by atoms with E-state index in [9.17, 15) is 0 Å². The van der Waals surface area contributed by atoms with E-state index >= 15 is 0 Å². The van der Waals surface area contributed by atoms with Gasteiger partial charge in [-0.25, -0.2) is 0 Å². The van der Waals surface area contributed by atoms with E-state index in [1.165, 1.54) is 25.7 Å². The third-order valence-electron chi connectivity index (χ3n) is 4.17. The SMILES string of the molecule is c1cc2c(s1)C(C1CCc3ccsc31)CC2. The zero-order chi connectivity index (χ0) is 10.5. The van der Waals surface area contributed by atoms with E-state index in [1.807, 2.05) is 22.7 Å². The summed E-state index contributed by atoms with van der Waals surface area (Å²) in [5.74, 6) is 1.68. The van der Waals surface area contributed by atoms with Gasteiger partial charge in [0.2, 0.25) is 0 Å². The summed E-state index contributed by atoms with van der Waals surface area (Å²) in [5.41, 5.74) is 3.28. The van der Waals surface area contributed by atoms with Gasteiger partial charge in [0.1, 0.15) is 0 Å². The van der Waals surface area contributed by atoms with Crippen molar-refractivity contribution >= 4 is 22.7 Å². The standard InChI is InChI=1S/C14H14S2/c1-3-11(13-9(1)5-7-15-13)12-4-2-10-6-8-16-14(10)12/h5-8,11-12H,1-4H2. The lowest BCUT2D eigenvalue weighted by Gasteiger charge is -2.18. The number of aryl methyl sites for hydroxylation is 2. The molecule has 16 heavy (non-hydrogen) atoms. The van der Waals surface area contributed by atoms with Crippen LogP contribution >= 0.6 is 22.7 Å². The predicted molar refractivity (Wildman–Crippen MR) is 70.8 cm³/mol. The van der Waals surface area contributed by atoms with Crippen LogP contribution in [0.2, 0.25) is 0 Å². The second-order valence-electron chi connectivity index (χ2n) is 4.91. The topological polar surface area (TPSA) is 0 Å². The molecule has 2 unspecified atom stereocenters. The van der Waals surface area contributed by atoms with Crippen LogP contribution in [-0.2, 0) is 12.8 Å². The van der Waals surface area contributed by atoms with E-state index in [0.717, 1.165) is 11.8 Å². The number of hydrogen-bond donors (Lipinski definition) is 0. The Morgan fingerprint density at radius 3 is 1.81 bits per heavy atom. The highest BCUT2D eigenvalue weighted by molar-refractivity contribution is 7.10. The Balaban J connectivity index is 1.75. The Morgan fingerprint density at radius 1 is 0.812 bits per heavy atom. The van der Waals surface area contributed by atoms with Gasteiger partial charge in [0.05, 0.1) is 0 Å². The summed E-state index contributed by atoms with van der Waals surface area (Å²) >= 11 is 3.98. The van der Waals surface area contributed by atoms with Gasteiger partial charge in [-0.1, -0.05) is 0 Å². The Labute approximate surface area is 104 Å². The zero-order valence-corrected chi connectivity index (χ0v) is 10.7. The molecule has 0 aliphatic heterocycles. The van der Waals surface area contributed by atoms with Crippen LogP contribution in [0.4, 0.5) is 0 Å². The van der Waals surface area contributed by atoms with Crippen molar-refractivity contribution in [2.24, 2.45) is 0 Å². The van der Waals surface area contributed by atoms with Crippen LogP contribution in [0.15, 0.2) is 22.9 Å². The van der Waals surface area contributed by atoms with Crippen molar-refractivity contribution in [3.05, 3.63) is 43.8 Å². The largest absolute Gasteiger partial charge is 0.148 e. The summed E-state index contributed by atoms with van der Waals surface area (Å²) < 4.78 is 0. The Morgan fingerprint density at radius 2 is 1.31 bits per heavy atom. The highest BCUT2D eigenvalue weighted by atomic mass is 32.1. The van der Waals surface area contributed by atoms with Crippen molar-refractivity contribution in [2.45, 2.75) is 37.5 Å². The van der Waals surface area contributed by atoms with Crippen LogP contribution in [0.5, 0.6) is 0 Å². The van der Waals surface area contributed by atoms with Crippen molar-refractivity contribution in [3.8, 4) is 0 Å².